The van der Waals surface area contributed by atoms with E-state index < -0.39 is 0 Å². The zero-order valence-corrected chi connectivity index (χ0v) is 22.6. The van der Waals surface area contributed by atoms with E-state index in [4.69, 9.17) is 10.1 Å². The molecule has 0 aliphatic carbocycles. The Labute approximate surface area is 202 Å². The van der Waals surface area contributed by atoms with Crippen molar-refractivity contribution < 1.29 is 4.74 Å². The van der Waals surface area contributed by atoms with Gasteiger partial charge in [-0.15, -0.1) is 11.8 Å². The summed E-state index contributed by atoms with van der Waals surface area (Å²) in [4.78, 5) is 9.37. The molecule has 0 aromatic heterocycles. The van der Waals surface area contributed by atoms with Crippen LogP contribution in [0.1, 0.15) is 86.1 Å². The van der Waals surface area contributed by atoms with Gasteiger partial charge in [-0.05, 0) is 62.6 Å². The van der Waals surface area contributed by atoms with Crippen molar-refractivity contribution in [3.63, 3.8) is 0 Å². The summed E-state index contributed by atoms with van der Waals surface area (Å²) in [6.07, 6.45) is 11.4. The zero-order chi connectivity index (χ0) is 25.4. The van der Waals surface area contributed by atoms with Crippen molar-refractivity contribution in [2.75, 3.05) is 12.8 Å². The summed E-state index contributed by atoms with van der Waals surface area (Å²) in [5, 5.41) is 9.63. The van der Waals surface area contributed by atoms with E-state index in [1.54, 1.807) is 6.26 Å². The second-order valence-corrected chi connectivity index (χ2v) is 7.21. The highest BCUT2D eigenvalue weighted by molar-refractivity contribution is 8.13. The third-order valence-corrected chi connectivity index (χ3v) is 4.79. The van der Waals surface area contributed by atoms with Gasteiger partial charge in [0.1, 0.15) is 18.1 Å². The quantitative estimate of drug-likeness (QED) is 0.124. The summed E-state index contributed by atoms with van der Waals surface area (Å²) in [6.45, 7) is 20.5. The molecule has 0 heterocycles. The van der Waals surface area contributed by atoms with Crippen LogP contribution in [0.5, 0.6) is 5.75 Å². The first-order valence-corrected chi connectivity index (χ1v) is 12.8. The fourth-order valence-corrected chi connectivity index (χ4v) is 2.57. The van der Waals surface area contributed by atoms with E-state index in [1.807, 2.05) is 58.9 Å². The number of hydrogen-bond donors (Lipinski definition) is 1. The largest absolute Gasteiger partial charge is 0.458 e. The lowest BCUT2D eigenvalue weighted by molar-refractivity contribution is 0.446. The number of nitroso groups, excluding NO2 is 1. The Morgan fingerprint density at radius 1 is 1.16 bits per heavy atom. The van der Waals surface area contributed by atoms with Gasteiger partial charge in [0.25, 0.3) is 0 Å². The number of nitrogens with zero attached hydrogens (tertiary/aromatic N) is 1. The molecular weight excluding hydrogens is 416 g/mol. The Bertz CT molecular complexity index is 665. The maximum Gasteiger partial charge on any atom is 0.129 e. The minimum Gasteiger partial charge on any atom is -0.458 e. The highest BCUT2D eigenvalue weighted by Crippen LogP contribution is 2.26. The highest BCUT2D eigenvalue weighted by atomic mass is 32.2. The van der Waals surface area contributed by atoms with Crippen LogP contribution < -0.4 is 4.74 Å². The molecule has 5 heteroatoms. The summed E-state index contributed by atoms with van der Waals surface area (Å²) in [7, 11) is 0. The number of nitrogens with one attached hydrogen (secondary N) is 1. The molecule has 1 N–H and O–H groups in total. The Balaban J connectivity index is -0.000000643. The SMILES string of the molecule is C=C(/C=C\C(C)=C/C)Oc1ccc(C(CC)CCC)cc1.CC.CC.CSC(=N)CN=O. The number of thioether (sulfide) groups is 1. The maximum atomic E-state index is 9.37. The van der Waals surface area contributed by atoms with E-state index in [-0.39, 0.29) is 6.54 Å². The first-order chi connectivity index (χ1) is 15.4. The molecule has 0 radical (unpaired) electrons. The van der Waals surface area contributed by atoms with E-state index in [9.17, 15) is 4.91 Å². The van der Waals surface area contributed by atoms with Crippen LogP contribution in [-0.4, -0.2) is 17.8 Å². The van der Waals surface area contributed by atoms with Crippen LogP contribution in [0, 0.1) is 10.3 Å². The van der Waals surface area contributed by atoms with Crippen LogP contribution >= 0.6 is 11.8 Å². The van der Waals surface area contributed by atoms with Gasteiger partial charge in [0, 0.05) is 0 Å². The van der Waals surface area contributed by atoms with Crippen LogP contribution in [0.25, 0.3) is 0 Å². The molecule has 1 rings (SSSR count). The van der Waals surface area contributed by atoms with Crippen molar-refractivity contribution in [1.29, 1.82) is 5.41 Å². The molecule has 182 valence electrons. The molecular formula is C27H46N2O2S. The standard InChI is InChI=1S/C20H28O.C3H6N2OS.2C2H6/c1-6-9-18(8-3)19-12-14-20(15-13-19)21-17(5)11-10-16(4)7-2;1-7-3(4)2-5-6;2*1-2/h7,10-15,18H,5-6,8-9H2,1-4H3;4H,2H2,1H3;2*1-2H3/b11-10-,16-7-;;;. The molecule has 0 amide bonds. The van der Waals surface area contributed by atoms with Crippen molar-refractivity contribution >= 4 is 16.8 Å². The number of ether oxygens (including phenoxy) is 1. The van der Waals surface area contributed by atoms with Gasteiger partial charge < -0.3 is 4.74 Å². The fraction of sp³-hybridized carbons (Fsp3) is 0.519. The van der Waals surface area contributed by atoms with Crippen LogP contribution in [0.15, 0.2) is 65.6 Å². The number of hydrogen-bond acceptors (Lipinski definition) is 5. The zero-order valence-electron chi connectivity index (χ0n) is 21.8. The molecule has 0 saturated heterocycles. The van der Waals surface area contributed by atoms with Gasteiger partial charge in [0.05, 0.1) is 5.04 Å². The summed E-state index contributed by atoms with van der Waals surface area (Å²) in [6, 6.07) is 8.42. The van der Waals surface area contributed by atoms with Crippen LogP contribution in [0.4, 0.5) is 0 Å². The van der Waals surface area contributed by atoms with Crippen LogP contribution in [-0.2, 0) is 0 Å². The van der Waals surface area contributed by atoms with Gasteiger partial charge in [0.2, 0.25) is 0 Å². The predicted octanol–water partition coefficient (Wildman–Crippen LogP) is 9.54. The molecule has 0 spiro atoms. The number of rotatable bonds is 10. The van der Waals surface area contributed by atoms with Crippen molar-refractivity contribution in [1.82, 2.24) is 0 Å². The maximum absolute atomic E-state index is 9.37. The lowest BCUT2D eigenvalue weighted by Gasteiger charge is -2.15. The van der Waals surface area contributed by atoms with Crippen LogP contribution in [0.3, 0.4) is 0 Å². The minimum atomic E-state index is 0.0150. The molecule has 0 bridgehead atoms. The molecule has 1 aromatic rings. The second kappa shape index (κ2) is 25.1. The van der Waals surface area contributed by atoms with Gasteiger partial charge in [-0.25, -0.2) is 0 Å². The Kier molecular flexibility index (Phi) is 27.1. The molecule has 0 fully saturated rings. The Morgan fingerprint density at radius 3 is 2.09 bits per heavy atom. The van der Waals surface area contributed by atoms with E-state index in [0.29, 0.717) is 16.7 Å². The predicted molar refractivity (Wildman–Crippen MR) is 147 cm³/mol. The normalized spacial score (nSPS) is 11.0. The summed E-state index contributed by atoms with van der Waals surface area (Å²) >= 11 is 1.24. The minimum absolute atomic E-state index is 0.0150. The van der Waals surface area contributed by atoms with Gasteiger partial charge >= 0.3 is 0 Å². The average Bonchev–Trinajstić information content (AvgIpc) is 2.84. The van der Waals surface area contributed by atoms with Crippen molar-refractivity contribution in [3.8, 4) is 5.75 Å². The lowest BCUT2D eigenvalue weighted by atomic mass is 9.92. The molecule has 32 heavy (non-hydrogen) atoms. The molecule has 1 unspecified atom stereocenters. The van der Waals surface area contributed by atoms with Gasteiger partial charge in [-0.3, -0.25) is 5.41 Å². The lowest BCUT2D eigenvalue weighted by Crippen LogP contribution is -1.97. The Hall–Kier alpha value is -2.14. The first-order valence-electron chi connectivity index (χ1n) is 11.6. The fourth-order valence-electron chi connectivity index (χ4n) is 2.39. The van der Waals surface area contributed by atoms with E-state index in [0.717, 1.165) is 5.75 Å². The number of allylic oxidation sites excluding steroid dienone is 4. The van der Waals surface area contributed by atoms with Crippen molar-refractivity contribution in [2.45, 2.75) is 80.6 Å². The first kappa shape index (κ1) is 34.5. The van der Waals surface area contributed by atoms with E-state index in [1.165, 1.54) is 42.2 Å². The average molecular weight is 463 g/mol. The smallest absolute Gasteiger partial charge is 0.129 e. The Morgan fingerprint density at radius 2 is 1.72 bits per heavy atom. The van der Waals surface area contributed by atoms with Crippen LogP contribution in [0.2, 0.25) is 0 Å². The van der Waals surface area contributed by atoms with Gasteiger partial charge in [-0.2, -0.15) is 4.91 Å². The highest BCUT2D eigenvalue weighted by Gasteiger charge is 2.08. The monoisotopic (exact) mass is 462 g/mol. The van der Waals surface area contributed by atoms with Gasteiger partial charge in [0.15, 0.2) is 0 Å². The second-order valence-electron chi connectivity index (χ2n) is 6.31. The van der Waals surface area contributed by atoms with Gasteiger partial charge in [-0.1, -0.05) is 89.6 Å². The molecule has 1 aromatic carbocycles. The number of benzene rings is 1. The van der Waals surface area contributed by atoms with Crippen molar-refractivity contribution in [2.24, 2.45) is 5.18 Å². The van der Waals surface area contributed by atoms with E-state index in [2.05, 4.69) is 50.7 Å². The third kappa shape index (κ3) is 18.6. The van der Waals surface area contributed by atoms with E-state index >= 15 is 0 Å². The van der Waals surface area contributed by atoms with Crippen molar-refractivity contribution in [3.05, 3.63) is 70.9 Å². The molecule has 0 aliphatic rings. The third-order valence-electron chi connectivity index (χ3n) is 4.17. The molecule has 1 atom stereocenters. The molecule has 0 saturated carbocycles. The summed E-state index contributed by atoms with van der Waals surface area (Å²) in [5.74, 6) is 2.16. The molecule has 4 nitrogen and oxygen atoms in total. The summed E-state index contributed by atoms with van der Waals surface area (Å²) < 4.78 is 5.73. The topological polar surface area (TPSA) is 62.5 Å². The summed E-state index contributed by atoms with van der Waals surface area (Å²) in [5.41, 5.74) is 2.60. The molecule has 0 aliphatic heterocycles.